The molecular weight excluding hydrogens is 462 g/mol. The molecule has 0 radical (unpaired) electrons. The van der Waals surface area contributed by atoms with E-state index in [1.54, 1.807) is 6.26 Å². The maximum Gasteiger partial charge on any atom is 0.234 e. The smallest absolute Gasteiger partial charge is 0.234 e. The molecule has 10 heteroatoms. The van der Waals surface area contributed by atoms with Gasteiger partial charge in [-0.15, -0.1) is 10.2 Å². The summed E-state index contributed by atoms with van der Waals surface area (Å²) in [6.07, 6.45) is 5.20. The lowest BCUT2D eigenvalue weighted by Gasteiger charge is -2.27. The third-order valence-corrected chi connectivity index (χ3v) is 7.09. The molecule has 0 atom stereocenters. The third-order valence-electron chi connectivity index (χ3n) is 6.12. The Hall–Kier alpha value is -3.53. The number of hydrogen-bond acceptors (Lipinski definition) is 7. The fourth-order valence-electron chi connectivity index (χ4n) is 4.36. The fraction of sp³-hybridized carbons (Fsp3) is 0.360. The monoisotopic (exact) mass is 491 g/mol. The minimum atomic E-state index is -0.110. The largest absolute Gasteiger partial charge is 0.467 e. The van der Waals surface area contributed by atoms with Gasteiger partial charge < -0.3 is 14.6 Å². The second-order valence-electron chi connectivity index (χ2n) is 8.63. The van der Waals surface area contributed by atoms with Crippen LogP contribution in [0.2, 0.25) is 0 Å². The zero-order valence-electron chi connectivity index (χ0n) is 20.0. The van der Waals surface area contributed by atoms with Crippen molar-refractivity contribution in [2.45, 2.75) is 44.8 Å². The topological polar surface area (TPSA) is 94.0 Å². The molecule has 0 saturated carbocycles. The van der Waals surface area contributed by atoms with Gasteiger partial charge in [0.05, 0.1) is 41.3 Å². The van der Waals surface area contributed by atoms with Crippen molar-refractivity contribution in [2.75, 3.05) is 29.1 Å². The number of nitrogens with zero attached hydrogens (tertiary/aromatic N) is 6. The van der Waals surface area contributed by atoms with E-state index in [0.29, 0.717) is 11.7 Å². The molecule has 182 valence electrons. The van der Waals surface area contributed by atoms with Crippen LogP contribution in [-0.2, 0) is 11.3 Å². The standard InChI is InChI=1S/C25H29N7O2S/c1-18-23(19(2)32(29-18)20-10-5-3-6-11-20)26-22(33)17-35-25-28-27-24(30-13-7-4-8-14-30)31(25)16-21-12-9-15-34-21/h3,5-6,9-12,15H,4,7-8,13-14,16-17H2,1-2H3,(H,26,33). The second kappa shape index (κ2) is 10.4. The summed E-state index contributed by atoms with van der Waals surface area (Å²) in [5, 5.41) is 17.3. The van der Waals surface area contributed by atoms with Crippen molar-refractivity contribution in [3.63, 3.8) is 0 Å². The van der Waals surface area contributed by atoms with Crippen LogP contribution in [0.3, 0.4) is 0 Å². The summed E-state index contributed by atoms with van der Waals surface area (Å²) in [5.41, 5.74) is 3.36. The Bertz CT molecular complexity index is 1270. The number of hydrogen-bond donors (Lipinski definition) is 1. The Labute approximate surface area is 208 Å². The van der Waals surface area contributed by atoms with E-state index >= 15 is 0 Å². The van der Waals surface area contributed by atoms with Gasteiger partial charge >= 0.3 is 0 Å². The van der Waals surface area contributed by atoms with Gasteiger partial charge in [0, 0.05) is 13.1 Å². The van der Waals surface area contributed by atoms with Crippen LogP contribution in [-0.4, -0.2) is 49.3 Å². The number of nitrogens with one attached hydrogen (secondary N) is 1. The van der Waals surface area contributed by atoms with Crippen molar-refractivity contribution in [2.24, 2.45) is 0 Å². The van der Waals surface area contributed by atoms with Crippen molar-refractivity contribution in [1.29, 1.82) is 0 Å². The summed E-state index contributed by atoms with van der Waals surface area (Å²) in [5.74, 6) is 1.76. The van der Waals surface area contributed by atoms with Gasteiger partial charge in [-0.05, 0) is 57.4 Å². The summed E-state index contributed by atoms with van der Waals surface area (Å²) < 4.78 is 9.48. The number of aromatic nitrogens is 5. The Morgan fingerprint density at radius 3 is 2.60 bits per heavy atom. The quantitative estimate of drug-likeness (QED) is 0.364. The highest BCUT2D eigenvalue weighted by Crippen LogP contribution is 2.27. The van der Waals surface area contributed by atoms with E-state index in [-0.39, 0.29) is 11.7 Å². The van der Waals surface area contributed by atoms with Gasteiger partial charge in [-0.25, -0.2) is 4.68 Å². The molecular formula is C25H29N7O2S. The molecule has 0 aliphatic carbocycles. The van der Waals surface area contributed by atoms with E-state index in [4.69, 9.17) is 4.42 Å². The number of thioether (sulfide) groups is 1. The predicted octanol–water partition coefficient (Wildman–Crippen LogP) is 4.44. The molecule has 1 aliphatic rings. The summed E-state index contributed by atoms with van der Waals surface area (Å²) >= 11 is 1.38. The Morgan fingerprint density at radius 1 is 1.06 bits per heavy atom. The molecule has 1 amide bonds. The lowest BCUT2D eigenvalue weighted by atomic mass is 10.1. The minimum Gasteiger partial charge on any atom is -0.467 e. The predicted molar refractivity (Wildman–Crippen MR) is 136 cm³/mol. The highest BCUT2D eigenvalue weighted by atomic mass is 32.2. The average molecular weight is 492 g/mol. The summed E-state index contributed by atoms with van der Waals surface area (Å²) in [7, 11) is 0. The Morgan fingerprint density at radius 2 is 1.86 bits per heavy atom. The summed E-state index contributed by atoms with van der Waals surface area (Å²) in [6.45, 7) is 6.31. The van der Waals surface area contributed by atoms with Gasteiger partial charge in [-0.2, -0.15) is 5.10 Å². The molecule has 1 fully saturated rings. The van der Waals surface area contributed by atoms with Crippen LogP contribution in [0.25, 0.3) is 5.69 Å². The molecule has 0 unspecified atom stereocenters. The van der Waals surface area contributed by atoms with Crippen LogP contribution in [0, 0.1) is 13.8 Å². The van der Waals surface area contributed by atoms with Crippen LogP contribution in [0.5, 0.6) is 0 Å². The fourth-order valence-corrected chi connectivity index (χ4v) is 5.10. The van der Waals surface area contributed by atoms with Crippen LogP contribution in [0.4, 0.5) is 11.6 Å². The van der Waals surface area contributed by atoms with Crippen molar-refractivity contribution in [3.8, 4) is 5.69 Å². The van der Waals surface area contributed by atoms with E-state index in [1.807, 2.05) is 65.6 Å². The molecule has 0 spiro atoms. The zero-order chi connectivity index (χ0) is 24.2. The normalized spacial score (nSPS) is 13.8. The molecule has 1 N–H and O–H groups in total. The van der Waals surface area contributed by atoms with Crippen LogP contribution in [0.1, 0.15) is 36.4 Å². The molecule has 0 bridgehead atoms. The molecule has 9 nitrogen and oxygen atoms in total. The second-order valence-corrected chi connectivity index (χ2v) is 9.57. The number of para-hydroxylation sites is 1. The number of furan rings is 1. The maximum atomic E-state index is 12.9. The van der Waals surface area contributed by atoms with Crippen molar-refractivity contribution in [1.82, 2.24) is 24.5 Å². The Kier molecular flexibility index (Phi) is 6.89. The van der Waals surface area contributed by atoms with Gasteiger partial charge in [0.15, 0.2) is 5.16 Å². The van der Waals surface area contributed by atoms with Crippen molar-refractivity contribution < 1.29 is 9.21 Å². The molecule has 4 aromatic rings. The molecule has 4 heterocycles. The van der Waals surface area contributed by atoms with E-state index in [0.717, 1.165) is 60.4 Å². The molecule has 5 rings (SSSR count). The number of piperidine rings is 1. The zero-order valence-corrected chi connectivity index (χ0v) is 20.8. The first-order valence-corrected chi connectivity index (χ1v) is 12.8. The molecule has 3 aromatic heterocycles. The first-order chi connectivity index (χ1) is 17.1. The highest BCUT2D eigenvalue weighted by molar-refractivity contribution is 7.99. The highest BCUT2D eigenvalue weighted by Gasteiger charge is 2.22. The molecule has 35 heavy (non-hydrogen) atoms. The first kappa shape index (κ1) is 23.2. The number of carbonyl (C=O) groups is 1. The Balaban J connectivity index is 1.30. The van der Waals surface area contributed by atoms with Crippen LogP contribution < -0.4 is 10.2 Å². The van der Waals surface area contributed by atoms with Gasteiger partial charge in [-0.3, -0.25) is 9.36 Å². The SMILES string of the molecule is Cc1nn(-c2ccccc2)c(C)c1NC(=O)CSc1nnc(N2CCCCC2)n1Cc1ccco1. The van der Waals surface area contributed by atoms with E-state index in [1.165, 1.54) is 18.2 Å². The third kappa shape index (κ3) is 5.12. The lowest BCUT2D eigenvalue weighted by Crippen LogP contribution is -2.32. The van der Waals surface area contributed by atoms with E-state index in [9.17, 15) is 4.79 Å². The van der Waals surface area contributed by atoms with Crippen LogP contribution >= 0.6 is 11.8 Å². The lowest BCUT2D eigenvalue weighted by molar-refractivity contribution is -0.113. The van der Waals surface area contributed by atoms with Gasteiger partial charge in [-0.1, -0.05) is 30.0 Å². The molecule has 1 aromatic carbocycles. The van der Waals surface area contributed by atoms with Gasteiger partial charge in [0.1, 0.15) is 5.76 Å². The van der Waals surface area contributed by atoms with Crippen LogP contribution in [0.15, 0.2) is 58.3 Å². The van der Waals surface area contributed by atoms with Gasteiger partial charge in [0.2, 0.25) is 11.9 Å². The maximum absolute atomic E-state index is 12.9. The number of rotatable bonds is 8. The number of benzene rings is 1. The molecule has 1 aliphatic heterocycles. The number of carbonyl (C=O) groups excluding carboxylic acids is 1. The summed E-state index contributed by atoms with van der Waals surface area (Å²) in [4.78, 5) is 15.2. The van der Waals surface area contributed by atoms with Gasteiger partial charge in [0.25, 0.3) is 0 Å². The molecule has 1 saturated heterocycles. The number of aryl methyl sites for hydroxylation is 1. The number of amides is 1. The number of anilines is 2. The first-order valence-electron chi connectivity index (χ1n) is 11.8. The minimum absolute atomic E-state index is 0.110. The summed E-state index contributed by atoms with van der Waals surface area (Å²) in [6, 6.07) is 13.7. The van der Waals surface area contributed by atoms with E-state index in [2.05, 4.69) is 25.5 Å². The average Bonchev–Trinajstić information content (AvgIpc) is 3.61. The van der Waals surface area contributed by atoms with Crippen molar-refractivity contribution in [3.05, 3.63) is 65.9 Å². The van der Waals surface area contributed by atoms with Crippen molar-refractivity contribution >= 4 is 29.3 Å². The van der Waals surface area contributed by atoms with E-state index < -0.39 is 0 Å².